The SMILES string of the molecule is COC(=O)[C@](NC(=O)c1cccc(OC)c1)(Nc1nc2ccc(C(C)C)cc2s1)C(F)(F)F. The summed E-state index contributed by atoms with van der Waals surface area (Å²) < 4.78 is 53.0. The maximum atomic E-state index is 14.3. The van der Waals surface area contributed by atoms with Crippen LogP contribution in [0.3, 0.4) is 0 Å². The van der Waals surface area contributed by atoms with Gasteiger partial charge in [0.05, 0.1) is 24.4 Å². The van der Waals surface area contributed by atoms with Gasteiger partial charge in [-0.1, -0.05) is 37.3 Å². The van der Waals surface area contributed by atoms with Gasteiger partial charge >= 0.3 is 17.8 Å². The Balaban J connectivity index is 2.04. The van der Waals surface area contributed by atoms with Crippen LogP contribution in [0.4, 0.5) is 18.3 Å². The van der Waals surface area contributed by atoms with E-state index in [1.165, 1.54) is 31.4 Å². The van der Waals surface area contributed by atoms with Gasteiger partial charge in [-0.3, -0.25) is 4.79 Å². The molecule has 0 radical (unpaired) electrons. The smallest absolute Gasteiger partial charge is 0.442 e. The lowest BCUT2D eigenvalue weighted by atomic mass is 10.0. The molecule has 0 fully saturated rings. The average Bonchev–Trinajstić information content (AvgIpc) is 3.18. The van der Waals surface area contributed by atoms with Crippen LogP contribution in [0.1, 0.15) is 35.7 Å². The summed E-state index contributed by atoms with van der Waals surface area (Å²) in [5, 5.41) is 3.66. The Morgan fingerprint density at radius 1 is 1.09 bits per heavy atom. The van der Waals surface area contributed by atoms with Crippen molar-refractivity contribution in [3.8, 4) is 5.75 Å². The number of hydrogen-bond donors (Lipinski definition) is 2. The highest BCUT2D eigenvalue weighted by Gasteiger charge is 2.64. The van der Waals surface area contributed by atoms with E-state index in [9.17, 15) is 22.8 Å². The molecule has 33 heavy (non-hydrogen) atoms. The predicted molar refractivity (Wildman–Crippen MR) is 119 cm³/mol. The lowest BCUT2D eigenvalue weighted by Crippen LogP contribution is -2.69. The largest absolute Gasteiger partial charge is 0.497 e. The highest BCUT2D eigenvalue weighted by atomic mass is 32.1. The van der Waals surface area contributed by atoms with E-state index in [4.69, 9.17) is 4.74 Å². The van der Waals surface area contributed by atoms with E-state index in [0.29, 0.717) is 10.2 Å². The van der Waals surface area contributed by atoms with Crippen LogP contribution < -0.4 is 15.4 Å². The summed E-state index contributed by atoms with van der Waals surface area (Å²) in [6.07, 6.45) is -5.27. The lowest BCUT2D eigenvalue weighted by Gasteiger charge is -2.34. The van der Waals surface area contributed by atoms with Crippen molar-refractivity contribution >= 4 is 38.6 Å². The fourth-order valence-electron chi connectivity index (χ4n) is 3.06. The maximum Gasteiger partial charge on any atom is 0.442 e. The normalized spacial score (nSPS) is 13.5. The number of hydrogen-bond acceptors (Lipinski definition) is 7. The molecule has 0 saturated carbocycles. The monoisotopic (exact) mass is 481 g/mol. The van der Waals surface area contributed by atoms with E-state index in [1.54, 1.807) is 11.4 Å². The topological polar surface area (TPSA) is 89.5 Å². The summed E-state index contributed by atoms with van der Waals surface area (Å²) in [5.74, 6) is -2.43. The molecule has 0 bridgehead atoms. The third-order valence-electron chi connectivity index (χ3n) is 4.92. The molecular formula is C22H22F3N3O4S. The Kier molecular flexibility index (Phi) is 6.82. The number of nitrogens with one attached hydrogen (secondary N) is 2. The van der Waals surface area contributed by atoms with Crippen molar-refractivity contribution in [1.82, 2.24) is 10.3 Å². The van der Waals surface area contributed by atoms with Crippen LogP contribution in [0.2, 0.25) is 0 Å². The van der Waals surface area contributed by atoms with Gasteiger partial charge in [0, 0.05) is 5.56 Å². The van der Waals surface area contributed by atoms with Crippen LogP contribution in [0.5, 0.6) is 5.75 Å². The molecule has 0 aliphatic heterocycles. The average molecular weight is 481 g/mol. The fourth-order valence-corrected chi connectivity index (χ4v) is 4.03. The first-order chi connectivity index (χ1) is 15.5. The Morgan fingerprint density at radius 2 is 1.82 bits per heavy atom. The highest BCUT2D eigenvalue weighted by molar-refractivity contribution is 7.22. The van der Waals surface area contributed by atoms with E-state index < -0.39 is 23.7 Å². The molecule has 0 saturated heterocycles. The van der Waals surface area contributed by atoms with Crippen LogP contribution >= 0.6 is 11.3 Å². The quantitative estimate of drug-likeness (QED) is 0.376. The fraction of sp³-hybridized carbons (Fsp3) is 0.318. The van der Waals surface area contributed by atoms with Crippen LogP contribution in [-0.4, -0.2) is 42.9 Å². The van der Waals surface area contributed by atoms with Crippen molar-refractivity contribution in [3.05, 3.63) is 53.6 Å². The number of alkyl halides is 3. The third-order valence-corrected chi connectivity index (χ3v) is 5.86. The lowest BCUT2D eigenvalue weighted by molar-refractivity contribution is -0.203. The number of thiazole rings is 1. The van der Waals surface area contributed by atoms with Crippen LogP contribution in [0.15, 0.2) is 42.5 Å². The van der Waals surface area contributed by atoms with E-state index in [1.807, 2.05) is 26.0 Å². The van der Waals surface area contributed by atoms with Crippen molar-refractivity contribution in [3.63, 3.8) is 0 Å². The molecule has 2 N–H and O–H groups in total. The molecule has 7 nitrogen and oxygen atoms in total. The molecule has 2 aromatic carbocycles. The Morgan fingerprint density at radius 3 is 2.42 bits per heavy atom. The molecule has 3 rings (SSSR count). The van der Waals surface area contributed by atoms with Gasteiger partial charge in [0.25, 0.3) is 5.91 Å². The molecule has 1 amide bonds. The van der Waals surface area contributed by atoms with Crippen LogP contribution in [-0.2, 0) is 9.53 Å². The number of aromatic nitrogens is 1. The second-order valence-electron chi connectivity index (χ2n) is 7.45. The zero-order valence-electron chi connectivity index (χ0n) is 18.2. The minimum absolute atomic E-state index is 0.139. The number of carbonyl (C=O) groups is 2. The summed E-state index contributed by atoms with van der Waals surface area (Å²) in [6.45, 7) is 3.98. The Bertz CT molecular complexity index is 1180. The van der Waals surface area contributed by atoms with Crippen molar-refractivity contribution in [2.75, 3.05) is 19.5 Å². The number of methoxy groups -OCH3 is 2. The van der Waals surface area contributed by atoms with E-state index >= 15 is 0 Å². The molecular weight excluding hydrogens is 459 g/mol. The summed E-state index contributed by atoms with van der Waals surface area (Å²) in [4.78, 5) is 29.4. The number of amides is 1. The molecule has 0 spiro atoms. The van der Waals surface area contributed by atoms with Crippen LogP contribution in [0.25, 0.3) is 10.2 Å². The molecule has 1 aromatic heterocycles. The zero-order chi connectivity index (χ0) is 24.4. The molecule has 0 aliphatic rings. The van der Waals surface area contributed by atoms with Gasteiger partial charge in [-0.05, 0) is 41.8 Å². The molecule has 11 heteroatoms. The Labute approximate surface area is 191 Å². The highest BCUT2D eigenvalue weighted by Crippen LogP contribution is 2.36. The second kappa shape index (κ2) is 9.26. The standard InChI is InChI=1S/C22H22F3N3O4S/c1-12(2)13-8-9-16-17(11-13)33-20(26-16)28-21(19(30)32-4,22(23,24)25)27-18(29)14-6-5-7-15(10-14)31-3/h5-12H,1-4H3,(H,26,28)(H,27,29)/t21-/m0/s1. The van der Waals surface area contributed by atoms with Gasteiger partial charge in [-0.25, -0.2) is 9.78 Å². The number of fused-ring (bicyclic) bond motifs is 1. The molecule has 3 aromatic rings. The summed E-state index contributed by atoms with van der Waals surface area (Å²) in [6, 6.07) is 10.9. The predicted octanol–water partition coefficient (Wildman–Crippen LogP) is 4.70. The first kappa shape index (κ1) is 24.3. The van der Waals surface area contributed by atoms with E-state index in [2.05, 4.69) is 15.0 Å². The van der Waals surface area contributed by atoms with Crippen molar-refractivity contribution in [2.45, 2.75) is 31.6 Å². The van der Waals surface area contributed by atoms with E-state index in [-0.39, 0.29) is 22.4 Å². The van der Waals surface area contributed by atoms with Gasteiger partial charge in [0.15, 0.2) is 5.13 Å². The molecule has 1 heterocycles. The first-order valence-corrected chi connectivity index (χ1v) is 10.6. The van der Waals surface area contributed by atoms with Gasteiger partial charge in [-0.15, -0.1) is 0 Å². The number of benzene rings is 2. The number of nitrogens with zero attached hydrogens (tertiary/aromatic N) is 1. The third kappa shape index (κ3) is 4.87. The van der Waals surface area contributed by atoms with Gasteiger partial charge in [-0.2, -0.15) is 13.2 Å². The zero-order valence-corrected chi connectivity index (χ0v) is 19.1. The van der Waals surface area contributed by atoms with Crippen molar-refractivity contribution in [1.29, 1.82) is 0 Å². The van der Waals surface area contributed by atoms with Gasteiger partial charge < -0.3 is 20.1 Å². The number of halogens is 3. The van der Waals surface area contributed by atoms with Crippen LogP contribution in [0, 0.1) is 0 Å². The molecule has 1 atom stereocenters. The number of rotatable bonds is 7. The number of ether oxygens (including phenoxy) is 2. The molecule has 0 aliphatic carbocycles. The molecule has 176 valence electrons. The van der Waals surface area contributed by atoms with Crippen molar-refractivity contribution < 1.29 is 32.2 Å². The van der Waals surface area contributed by atoms with Gasteiger partial charge in [0.1, 0.15) is 5.75 Å². The Hall–Kier alpha value is -3.34. The number of esters is 1. The van der Waals surface area contributed by atoms with E-state index in [0.717, 1.165) is 24.0 Å². The van der Waals surface area contributed by atoms with Gasteiger partial charge in [0.2, 0.25) is 0 Å². The minimum Gasteiger partial charge on any atom is -0.497 e. The first-order valence-electron chi connectivity index (χ1n) is 9.81. The summed E-state index contributed by atoms with van der Waals surface area (Å²) in [7, 11) is 2.15. The van der Waals surface area contributed by atoms with Crippen molar-refractivity contribution in [2.24, 2.45) is 0 Å². The minimum atomic E-state index is -5.27. The molecule has 0 unspecified atom stereocenters. The number of anilines is 1. The summed E-state index contributed by atoms with van der Waals surface area (Å²) >= 11 is 0.927. The number of carbonyl (C=O) groups excluding carboxylic acids is 2. The summed E-state index contributed by atoms with van der Waals surface area (Å²) in [5.41, 5.74) is -2.28. The second-order valence-corrected chi connectivity index (χ2v) is 8.48. The maximum absolute atomic E-state index is 14.3.